The Kier molecular flexibility index (Phi) is 4.62. The van der Waals surface area contributed by atoms with Gasteiger partial charge in [0.1, 0.15) is 5.54 Å². The highest BCUT2D eigenvalue weighted by atomic mass is 16.5. The topological polar surface area (TPSA) is 41.6 Å². The van der Waals surface area contributed by atoms with Crippen molar-refractivity contribution in [2.24, 2.45) is 0 Å². The van der Waals surface area contributed by atoms with Crippen LogP contribution >= 0.6 is 0 Å². The number of ether oxygens (including phenoxy) is 1. The molecule has 2 rings (SSSR count). The van der Waals surface area contributed by atoms with Crippen molar-refractivity contribution in [3.05, 3.63) is 0 Å². The molecule has 1 aliphatic carbocycles. The molecular weight excluding hydrogens is 228 g/mol. The highest BCUT2D eigenvalue weighted by Gasteiger charge is 2.47. The van der Waals surface area contributed by atoms with Gasteiger partial charge >= 0.3 is 5.97 Å². The monoisotopic (exact) mass is 254 g/mol. The van der Waals surface area contributed by atoms with Crippen LogP contribution in [0.15, 0.2) is 0 Å². The number of esters is 1. The Balaban J connectivity index is 2.00. The Morgan fingerprint density at radius 3 is 2.72 bits per heavy atom. The van der Waals surface area contributed by atoms with Crippen molar-refractivity contribution < 1.29 is 9.53 Å². The van der Waals surface area contributed by atoms with Gasteiger partial charge in [-0.15, -0.1) is 0 Å². The lowest BCUT2D eigenvalue weighted by Crippen LogP contribution is -2.52. The van der Waals surface area contributed by atoms with Gasteiger partial charge in [-0.3, -0.25) is 4.79 Å². The number of methoxy groups -OCH3 is 1. The molecule has 1 N–H and O–H groups in total. The van der Waals surface area contributed by atoms with Crippen molar-refractivity contribution in [2.75, 3.05) is 26.7 Å². The average molecular weight is 254 g/mol. The van der Waals surface area contributed by atoms with E-state index in [1.807, 2.05) is 0 Å². The fourth-order valence-electron chi connectivity index (χ4n) is 3.57. The molecule has 0 aromatic rings. The maximum atomic E-state index is 12.1. The largest absolute Gasteiger partial charge is 0.468 e. The summed E-state index contributed by atoms with van der Waals surface area (Å²) in [5.41, 5.74) is -0.425. The molecule has 1 saturated heterocycles. The number of likely N-dealkylation sites (tertiary alicyclic amines) is 1. The zero-order valence-electron chi connectivity index (χ0n) is 11.7. The van der Waals surface area contributed by atoms with Crippen molar-refractivity contribution in [2.45, 2.75) is 57.0 Å². The third-order valence-corrected chi connectivity index (χ3v) is 4.49. The Morgan fingerprint density at radius 1 is 1.39 bits per heavy atom. The molecule has 18 heavy (non-hydrogen) atoms. The van der Waals surface area contributed by atoms with Gasteiger partial charge in [-0.2, -0.15) is 0 Å². The number of likely N-dealkylation sites (N-methyl/N-ethyl adjacent to an activating group) is 1. The average Bonchev–Trinajstić information content (AvgIpc) is 2.85. The second kappa shape index (κ2) is 6.02. The van der Waals surface area contributed by atoms with E-state index in [0.29, 0.717) is 6.04 Å². The van der Waals surface area contributed by atoms with E-state index in [2.05, 4.69) is 17.1 Å². The normalized spacial score (nSPS) is 33.6. The van der Waals surface area contributed by atoms with Crippen molar-refractivity contribution >= 4 is 5.97 Å². The van der Waals surface area contributed by atoms with Gasteiger partial charge < -0.3 is 15.0 Å². The standard InChI is InChI=1S/C14H26N2O2/c1-3-15-14(13(17)18-2)8-7-12(11-14)16-9-5-4-6-10-16/h12,15H,3-11H2,1-2H3. The molecule has 0 bridgehead atoms. The quantitative estimate of drug-likeness (QED) is 0.773. The van der Waals surface area contributed by atoms with Crippen molar-refractivity contribution in [3.63, 3.8) is 0 Å². The van der Waals surface area contributed by atoms with Gasteiger partial charge in [-0.05, 0) is 51.7 Å². The van der Waals surface area contributed by atoms with Crippen molar-refractivity contribution in [3.8, 4) is 0 Å². The molecule has 1 aliphatic heterocycles. The number of piperidine rings is 1. The first kappa shape index (κ1) is 13.8. The van der Waals surface area contributed by atoms with Crippen LogP contribution in [0, 0.1) is 0 Å². The van der Waals surface area contributed by atoms with Crippen LogP contribution in [-0.4, -0.2) is 49.2 Å². The number of carbonyl (C=O) groups is 1. The molecule has 0 spiro atoms. The van der Waals surface area contributed by atoms with E-state index in [1.165, 1.54) is 39.5 Å². The molecule has 2 aliphatic rings. The SMILES string of the molecule is CCNC1(C(=O)OC)CCC(N2CCCCC2)C1. The first-order chi connectivity index (χ1) is 8.72. The van der Waals surface area contributed by atoms with E-state index in [0.717, 1.165) is 25.8 Å². The molecule has 0 aromatic carbocycles. The molecule has 0 radical (unpaired) electrons. The van der Waals surface area contributed by atoms with Crippen LogP contribution in [0.5, 0.6) is 0 Å². The number of hydrogen-bond donors (Lipinski definition) is 1. The third-order valence-electron chi connectivity index (χ3n) is 4.49. The van der Waals surface area contributed by atoms with Crippen LogP contribution in [-0.2, 0) is 9.53 Å². The molecule has 2 unspecified atom stereocenters. The second-order valence-electron chi connectivity index (χ2n) is 5.60. The highest BCUT2D eigenvalue weighted by Crippen LogP contribution is 2.35. The summed E-state index contributed by atoms with van der Waals surface area (Å²) >= 11 is 0. The van der Waals surface area contributed by atoms with Gasteiger partial charge in [0.15, 0.2) is 0 Å². The van der Waals surface area contributed by atoms with E-state index in [4.69, 9.17) is 4.74 Å². The lowest BCUT2D eigenvalue weighted by molar-refractivity contribution is -0.148. The molecule has 104 valence electrons. The summed E-state index contributed by atoms with van der Waals surface area (Å²) in [5.74, 6) is -0.0798. The number of nitrogens with one attached hydrogen (secondary N) is 1. The molecule has 0 amide bonds. The minimum atomic E-state index is -0.425. The lowest BCUT2D eigenvalue weighted by Gasteiger charge is -2.34. The van der Waals surface area contributed by atoms with Crippen LogP contribution in [0.1, 0.15) is 45.4 Å². The van der Waals surface area contributed by atoms with Crippen LogP contribution in [0.2, 0.25) is 0 Å². The molecular formula is C14H26N2O2. The molecule has 1 heterocycles. The van der Waals surface area contributed by atoms with Gasteiger partial charge in [0.05, 0.1) is 7.11 Å². The number of carbonyl (C=O) groups excluding carboxylic acids is 1. The fraction of sp³-hybridized carbons (Fsp3) is 0.929. The molecule has 4 nitrogen and oxygen atoms in total. The maximum Gasteiger partial charge on any atom is 0.326 e. The van der Waals surface area contributed by atoms with E-state index in [-0.39, 0.29) is 5.97 Å². The first-order valence-electron chi connectivity index (χ1n) is 7.29. The predicted molar refractivity (Wildman–Crippen MR) is 71.5 cm³/mol. The summed E-state index contributed by atoms with van der Waals surface area (Å²) in [6, 6.07) is 0.559. The summed E-state index contributed by atoms with van der Waals surface area (Å²) in [4.78, 5) is 14.6. The molecule has 1 saturated carbocycles. The summed E-state index contributed by atoms with van der Waals surface area (Å²) in [7, 11) is 1.50. The Bertz CT molecular complexity index is 290. The summed E-state index contributed by atoms with van der Waals surface area (Å²) in [6.07, 6.45) is 6.91. The third kappa shape index (κ3) is 2.69. The maximum absolute atomic E-state index is 12.1. The van der Waals surface area contributed by atoms with Gasteiger partial charge in [0.2, 0.25) is 0 Å². The minimum absolute atomic E-state index is 0.0798. The zero-order chi connectivity index (χ0) is 13.0. The van der Waals surface area contributed by atoms with Gasteiger partial charge in [0, 0.05) is 6.04 Å². The van der Waals surface area contributed by atoms with Gasteiger partial charge in [-0.1, -0.05) is 13.3 Å². The highest BCUT2D eigenvalue weighted by molar-refractivity contribution is 5.81. The van der Waals surface area contributed by atoms with Crippen molar-refractivity contribution in [1.29, 1.82) is 0 Å². The number of nitrogens with zero attached hydrogens (tertiary/aromatic N) is 1. The molecule has 4 heteroatoms. The summed E-state index contributed by atoms with van der Waals surface area (Å²) in [6.45, 7) is 5.28. The fourth-order valence-corrected chi connectivity index (χ4v) is 3.57. The molecule has 0 aromatic heterocycles. The van der Waals surface area contributed by atoms with E-state index >= 15 is 0 Å². The first-order valence-corrected chi connectivity index (χ1v) is 7.29. The van der Waals surface area contributed by atoms with E-state index < -0.39 is 5.54 Å². The smallest absolute Gasteiger partial charge is 0.326 e. The van der Waals surface area contributed by atoms with Gasteiger partial charge in [0.25, 0.3) is 0 Å². The zero-order valence-corrected chi connectivity index (χ0v) is 11.7. The van der Waals surface area contributed by atoms with E-state index in [1.54, 1.807) is 0 Å². The van der Waals surface area contributed by atoms with Crippen LogP contribution < -0.4 is 5.32 Å². The van der Waals surface area contributed by atoms with Crippen LogP contribution in [0.3, 0.4) is 0 Å². The van der Waals surface area contributed by atoms with Crippen molar-refractivity contribution in [1.82, 2.24) is 10.2 Å². The Hall–Kier alpha value is -0.610. The predicted octanol–water partition coefficient (Wildman–Crippen LogP) is 1.55. The molecule has 2 fully saturated rings. The number of hydrogen-bond acceptors (Lipinski definition) is 4. The molecule has 2 atom stereocenters. The number of rotatable bonds is 4. The lowest BCUT2D eigenvalue weighted by atomic mass is 9.96. The van der Waals surface area contributed by atoms with Gasteiger partial charge in [-0.25, -0.2) is 0 Å². The van der Waals surface area contributed by atoms with E-state index in [9.17, 15) is 4.79 Å². The Labute approximate surface area is 110 Å². The van der Waals surface area contributed by atoms with Crippen LogP contribution in [0.4, 0.5) is 0 Å². The summed E-state index contributed by atoms with van der Waals surface area (Å²) in [5, 5.41) is 3.38. The Morgan fingerprint density at radius 2 is 2.11 bits per heavy atom. The minimum Gasteiger partial charge on any atom is -0.468 e. The second-order valence-corrected chi connectivity index (χ2v) is 5.60. The summed E-state index contributed by atoms with van der Waals surface area (Å²) < 4.78 is 5.01. The van der Waals surface area contributed by atoms with Crippen LogP contribution in [0.25, 0.3) is 0 Å².